The summed E-state index contributed by atoms with van der Waals surface area (Å²) in [7, 11) is 3.96. The van der Waals surface area contributed by atoms with Crippen LogP contribution in [0.1, 0.15) is 9.67 Å². The van der Waals surface area contributed by atoms with Gasteiger partial charge in [0.05, 0.1) is 31.7 Å². The number of thiophene rings is 1. The number of nitrogens with one attached hydrogen (secondary N) is 2. The second-order valence-corrected chi connectivity index (χ2v) is 9.84. The van der Waals surface area contributed by atoms with Gasteiger partial charge in [0.2, 0.25) is 0 Å². The first-order chi connectivity index (χ1) is 15.2. The van der Waals surface area contributed by atoms with E-state index >= 15 is 0 Å². The number of rotatable bonds is 9. The predicted molar refractivity (Wildman–Crippen MR) is 129 cm³/mol. The topological polar surface area (TPSA) is 113 Å². The molecule has 0 saturated heterocycles. The van der Waals surface area contributed by atoms with Gasteiger partial charge >= 0.3 is 0 Å². The molecule has 0 aliphatic heterocycles. The van der Waals surface area contributed by atoms with E-state index in [4.69, 9.17) is 23.2 Å². The van der Waals surface area contributed by atoms with Crippen LogP contribution in [0.4, 0.5) is 17.2 Å². The highest BCUT2D eigenvalue weighted by Crippen LogP contribution is 2.45. The zero-order chi connectivity index (χ0) is 23.3. The highest BCUT2D eigenvalue weighted by molar-refractivity contribution is 8.01. The molecule has 0 unspecified atom stereocenters. The van der Waals surface area contributed by atoms with Crippen LogP contribution in [0.15, 0.2) is 45.9 Å². The van der Waals surface area contributed by atoms with Crippen LogP contribution in [-0.4, -0.2) is 52.9 Å². The molecular formula is C19H18Cl2N6O3S2. The van der Waals surface area contributed by atoms with E-state index < -0.39 is 10.8 Å². The maximum absolute atomic E-state index is 12.7. The van der Waals surface area contributed by atoms with Crippen LogP contribution in [0.5, 0.6) is 0 Å². The lowest BCUT2D eigenvalue weighted by atomic mass is 10.3. The SMILES string of the molecule is CN(C)CCNc1ccc(NC(=O)c2cc([N+](=O)[O-])c(Sc3c(Cl)cncc3Cl)s2)cn1. The number of carbonyl (C=O) groups excluding carboxylic acids is 1. The summed E-state index contributed by atoms with van der Waals surface area (Å²) >= 11 is 14.2. The van der Waals surface area contributed by atoms with Crippen molar-refractivity contribution in [2.24, 2.45) is 0 Å². The van der Waals surface area contributed by atoms with E-state index in [1.807, 2.05) is 19.0 Å². The molecule has 0 aliphatic carbocycles. The van der Waals surface area contributed by atoms with Gasteiger partial charge < -0.3 is 15.5 Å². The molecule has 0 saturated carbocycles. The third kappa shape index (κ3) is 6.30. The Kier molecular flexibility index (Phi) is 8.26. The van der Waals surface area contributed by atoms with Crippen LogP contribution in [0.2, 0.25) is 10.0 Å². The summed E-state index contributed by atoms with van der Waals surface area (Å²) < 4.78 is 0.286. The number of amides is 1. The van der Waals surface area contributed by atoms with Gasteiger partial charge in [0, 0.05) is 31.5 Å². The molecule has 0 atom stereocenters. The summed E-state index contributed by atoms with van der Waals surface area (Å²) in [5.41, 5.74) is 0.270. The summed E-state index contributed by atoms with van der Waals surface area (Å²) in [6.45, 7) is 1.59. The van der Waals surface area contributed by atoms with Gasteiger partial charge in [-0.15, -0.1) is 11.3 Å². The molecule has 0 aliphatic rings. The van der Waals surface area contributed by atoms with Gasteiger partial charge in [-0.25, -0.2) is 4.98 Å². The third-order valence-corrected chi connectivity index (χ3v) is 7.24. The summed E-state index contributed by atoms with van der Waals surface area (Å²) in [4.78, 5) is 34.4. The number of aromatic nitrogens is 2. The lowest BCUT2D eigenvalue weighted by Crippen LogP contribution is -2.21. The van der Waals surface area contributed by atoms with Crippen LogP contribution in [0.3, 0.4) is 0 Å². The monoisotopic (exact) mass is 512 g/mol. The second kappa shape index (κ2) is 10.9. The van der Waals surface area contributed by atoms with Gasteiger partial charge in [0.1, 0.15) is 14.9 Å². The van der Waals surface area contributed by atoms with Crippen LogP contribution >= 0.6 is 46.3 Å². The van der Waals surface area contributed by atoms with Gasteiger partial charge in [-0.2, -0.15) is 0 Å². The van der Waals surface area contributed by atoms with Crippen molar-refractivity contribution < 1.29 is 9.72 Å². The number of nitro groups is 1. The Morgan fingerprint density at radius 3 is 2.56 bits per heavy atom. The van der Waals surface area contributed by atoms with Gasteiger partial charge in [-0.3, -0.25) is 19.9 Å². The van der Waals surface area contributed by atoms with Gasteiger partial charge in [0.15, 0.2) is 0 Å². The number of nitrogens with zero attached hydrogens (tertiary/aromatic N) is 4. The van der Waals surface area contributed by atoms with Crippen LogP contribution < -0.4 is 10.6 Å². The number of carbonyl (C=O) groups is 1. The average molecular weight is 513 g/mol. The summed E-state index contributed by atoms with van der Waals surface area (Å²) in [6, 6.07) is 4.68. The standard InChI is InChI=1S/C19H18Cl2N6O3S2/c1-26(2)6-5-23-16-4-3-11(8-24-16)25-18(28)15-7-14(27(29)30)19(31-15)32-17-12(20)9-22-10-13(17)21/h3-4,7-10H,5-6H2,1-2H3,(H,23,24)(H,25,28). The number of hydrogen-bond donors (Lipinski definition) is 2. The van der Waals surface area contributed by atoms with Crippen molar-refractivity contribution in [2.75, 3.05) is 37.8 Å². The number of likely N-dealkylation sites (N-methyl/N-ethyl adjacent to an activating group) is 1. The lowest BCUT2D eigenvalue weighted by molar-refractivity contribution is -0.387. The maximum atomic E-state index is 12.7. The Balaban J connectivity index is 1.73. The van der Waals surface area contributed by atoms with E-state index in [1.54, 1.807) is 12.1 Å². The smallest absolute Gasteiger partial charge is 0.294 e. The number of anilines is 2. The van der Waals surface area contributed by atoms with Crippen molar-refractivity contribution in [1.29, 1.82) is 0 Å². The molecule has 3 aromatic heterocycles. The largest absolute Gasteiger partial charge is 0.369 e. The van der Waals surface area contributed by atoms with Gasteiger partial charge in [-0.1, -0.05) is 35.0 Å². The minimum absolute atomic E-state index is 0.175. The molecule has 0 radical (unpaired) electrons. The van der Waals surface area contributed by atoms with Crippen molar-refractivity contribution in [1.82, 2.24) is 14.9 Å². The summed E-state index contributed by atoms with van der Waals surface area (Å²) in [5.74, 6) is 0.202. The predicted octanol–water partition coefficient (Wildman–Crippen LogP) is 5.13. The van der Waals surface area contributed by atoms with Gasteiger partial charge in [-0.05, 0) is 26.2 Å². The quantitative estimate of drug-likeness (QED) is 0.299. The minimum atomic E-state index is -0.547. The normalized spacial score (nSPS) is 10.9. The third-order valence-electron chi connectivity index (χ3n) is 3.99. The molecule has 1 amide bonds. The highest BCUT2D eigenvalue weighted by atomic mass is 35.5. The first-order valence-corrected chi connectivity index (χ1v) is 11.5. The Hall–Kier alpha value is -2.44. The van der Waals surface area contributed by atoms with Crippen LogP contribution in [-0.2, 0) is 0 Å². The molecule has 32 heavy (non-hydrogen) atoms. The second-order valence-electron chi connectivity index (χ2n) is 6.69. The zero-order valence-electron chi connectivity index (χ0n) is 17.0. The fourth-order valence-electron chi connectivity index (χ4n) is 2.44. The zero-order valence-corrected chi connectivity index (χ0v) is 20.1. The van der Waals surface area contributed by atoms with Gasteiger partial charge in [0.25, 0.3) is 11.6 Å². The van der Waals surface area contributed by atoms with E-state index in [9.17, 15) is 14.9 Å². The fourth-order valence-corrected chi connectivity index (χ4v) is 5.20. The number of pyridine rings is 2. The average Bonchev–Trinajstić information content (AvgIpc) is 3.16. The van der Waals surface area contributed by atoms with Crippen molar-refractivity contribution in [2.45, 2.75) is 9.10 Å². The fraction of sp³-hybridized carbons (Fsp3) is 0.211. The van der Waals surface area contributed by atoms with E-state index in [0.29, 0.717) is 16.4 Å². The first-order valence-electron chi connectivity index (χ1n) is 9.15. The summed E-state index contributed by atoms with van der Waals surface area (Å²) in [6.07, 6.45) is 4.31. The van der Waals surface area contributed by atoms with Crippen molar-refractivity contribution in [3.63, 3.8) is 0 Å². The van der Waals surface area contributed by atoms with E-state index in [1.165, 1.54) is 24.7 Å². The summed E-state index contributed by atoms with van der Waals surface area (Å²) in [5, 5.41) is 17.9. The highest BCUT2D eigenvalue weighted by Gasteiger charge is 2.25. The number of hydrogen-bond acceptors (Lipinski definition) is 9. The Morgan fingerprint density at radius 1 is 1.25 bits per heavy atom. The van der Waals surface area contributed by atoms with Crippen LogP contribution in [0.25, 0.3) is 0 Å². The molecule has 3 aromatic rings. The van der Waals surface area contributed by atoms with Crippen molar-refractivity contribution >= 4 is 69.4 Å². The molecule has 2 N–H and O–H groups in total. The molecule has 0 spiro atoms. The molecule has 0 aromatic carbocycles. The van der Waals surface area contributed by atoms with E-state index in [0.717, 1.165) is 36.2 Å². The minimum Gasteiger partial charge on any atom is -0.369 e. The molecular weight excluding hydrogens is 495 g/mol. The Bertz CT molecular complexity index is 1100. The Morgan fingerprint density at radius 2 is 1.97 bits per heavy atom. The molecule has 0 bridgehead atoms. The molecule has 168 valence electrons. The van der Waals surface area contributed by atoms with E-state index in [-0.39, 0.29) is 24.8 Å². The number of halogens is 2. The van der Waals surface area contributed by atoms with Crippen molar-refractivity contribution in [3.8, 4) is 0 Å². The lowest BCUT2D eigenvalue weighted by Gasteiger charge is -2.11. The van der Waals surface area contributed by atoms with E-state index in [2.05, 4.69) is 20.6 Å². The van der Waals surface area contributed by atoms with Crippen molar-refractivity contribution in [3.05, 3.63) is 61.8 Å². The van der Waals surface area contributed by atoms with Crippen LogP contribution in [0, 0.1) is 10.1 Å². The molecule has 3 heterocycles. The molecule has 3 rings (SSSR count). The molecule has 13 heteroatoms. The first kappa shape index (κ1) is 24.2. The molecule has 0 fully saturated rings. The Labute approximate surface area is 202 Å². The molecule has 9 nitrogen and oxygen atoms in total. The maximum Gasteiger partial charge on any atom is 0.294 e.